The van der Waals surface area contributed by atoms with E-state index in [-0.39, 0.29) is 40.7 Å². The van der Waals surface area contributed by atoms with Gasteiger partial charge in [0.15, 0.2) is 29.8 Å². The van der Waals surface area contributed by atoms with Crippen molar-refractivity contribution in [1.29, 1.82) is 0 Å². The molecule has 240 valence electrons. The summed E-state index contributed by atoms with van der Waals surface area (Å²) in [4.78, 5) is 12.7. The molecule has 0 spiro atoms. The third-order valence-electron chi connectivity index (χ3n) is 6.73. The number of ether oxygens (including phenoxy) is 3. The minimum Gasteiger partial charge on any atom is -0.461 e. The Hall–Kier alpha value is -4.42. The number of methoxy groups -OCH3 is 1. The van der Waals surface area contributed by atoms with E-state index in [2.05, 4.69) is 29.7 Å². The van der Waals surface area contributed by atoms with Crippen LogP contribution >= 0.6 is 0 Å². The second-order valence-electron chi connectivity index (χ2n) is 9.90. The Morgan fingerprint density at radius 1 is 1.20 bits per heavy atom. The molecule has 1 N–H and O–H groups in total. The molecule has 3 heterocycles. The van der Waals surface area contributed by atoms with Crippen molar-refractivity contribution in [3.05, 3.63) is 59.3 Å². The summed E-state index contributed by atoms with van der Waals surface area (Å²) in [6, 6.07) is 6.55. The van der Waals surface area contributed by atoms with Crippen LogP contribution in [0.1, 0.15) is 11.1 Å². The number of hydrazone groups is 1. The van der Waals surface area contributed by atoms with E-state index in [0.717, 1.165) is 12.7 Å². The number of nitrogens with one attached hydrogen (secondary N) is 1. The molecule has 0 radical (unpaired) electrons. The Labute approximate surface area is 253 Å². The molecule has 2 aromatic carbocycles. The van der Waals surface area contributed by atoms with Gasteiger partial charge in [0.2, 0.25) is 5.95 Å². The maximum absolute atomic E-state index is 15.4. The van der Waals surface area contributed by atoms with Crippen LogP contribution in [0.25, 0.3) is 22.3 Å². The van der Waals surface area contributed by atoms with Crippen LogP contribution in [0.15, 0.2) is 46.5 Å². The zero-order chi connectivity index (χ0) is 32.5. The zero-order valence-corrected chi connectivity index (χ0v) is 24.8. The Morgan fingerprint density at radius 2 is 1.93 bits per heavy atom. The number of nitrogens with zero attached hydrogens (tertiary/aromatic N) is 6. The fourth-order valence-corrected chi connectivity index (χ4v) is 5.32. The van der Waals surface area contributed by atoms with E-state index >= 15 is 4.39 Å². The molecule has 0 saturated carbocycles. The molecule has 0 amide bonds. The molecular weight excluding hydrogens is 629 g/mol. The van der Waals surface area contributed by atoms with Gasteiger partial charge in [0.05, 0.1) is 35.2 Å². The van der Waals surface area contributed by atoms with Gasteiger partial charge in [-0.05, 0) is 25.1 Å². The summed E-state index contributed by atoms with van der Waals surface area (Å²) in [5, 5.41) is 8.08. The summed E-state index contributed by atoms with van der Waals surface area (Å²) in [5.74, 6) is -4.40. The first-order chi connectivity index (χ1) is 21.3. The molecule has 18 heteroatoms. The maximum atomic E-state index is 15.4. The molecule has 2 aromatic heterocycles. The highest BCUT2D eigenvalue weighted by atomic mass is 32.2. The number of morpholine rings is 1. The summed E-state index contributed by atoms with van der Waals surface area (Å²) in [6.45, 7) is 1.86. The molecule has 0 unspecified atom stereocenters. The van der Waals surface area contributed by atoms with Gasteiger partial charge in [0.1, 0.15) is 11.8 Å². The predicted molar refractivity (Wildman–Crippen MR) is 151 cm³/mol. The normalized spacial score (nSPS) is 16.1. The van der Waals surface area contributed by atoms with Crippen molar-refractivity contribution in [1.82, 2.24) is 24.6 Å². The number of halogens is 5. The van der Waals surface area contributed by atoms with Gasteiger partial charge >= 0.3 is 6.18 Å². The molecule has 1 fully saturated rings. The molecule has 0 bridgehead atoms. The SMILES string of the molecule is COCOc1c(F)c(-c2nn(C)c3nc(N4CCO[C@@H](/C=N/NS(=O)(=O)c5ccc(C)cc5)C4)ncc23)cc(C(F)(F)F)c1F. The first-order valence-electron chi connectivity index (χ1n) is 13.2. The summed E-state index contributed by atoms with van der Waals surface area (Å²) in [7, 11) is -1.30. The lowest BCUT2D eigenvalue weighted by Crippen LogP contribution is -2.44. The van der Waals surface area contributed by atoms with Crippen molar-refractivity contribution in [2.45, 2.75) is 24.1 Å². The third kappa shape index (κ3) is 6.66. The van der Waals surface area contributed by atoms with Gasteiger partial charge in [-0.1, -0.05) is 17.7 Å². The van der Waals surface area contributed by atoms with Crippen LogP contribution in [0.4, 0.5) is 27.9 Å². The van der Waals surface area contributed by atoms with Crippen molar-refractivity contribution in [2.24, 2.45) is 12.1 Å². The lowest BCUT2D eigenvalue weighted by molar-refractivity contribution is -0.140. The lowest BCUT2D eigenvalue weighted by atomic mass is 10.0. The number of sulfonamides is 1. The molecule has 1 atom stereocenters. The Morgan fingerprint density at radius 3 is 2.62 bits per heavy atom. The molecule has 1 aliphatic rings. The standard InChI is InChI=1S/C27H26F5N7O5S/c1-15-4-6-17(7-5-15)45(40,41)37-34-11-16-13-39(8-9-43-16)26-33-12-19-23(36-38(2)25(19)35-26)18-10-20(27(30,31)32)22(29)24(21(18)28)44-14-42-3/h4-7,10-12,16,37H,8-9,13-14H2,1-3H3/b34-11+/t16-/m0/s1. The Bertz CT molecular complexity index is 1850. The minimum atomic E-state index is -5.16. The minimum absolute atomic E-state index is 0.0440. The van der Waals surface area contributed by atoms with Crippen LogP contribution in [-0.2, 0) is 32.7 Å². The van der Waals surface area contributed by atoms with Crippen molar-refractivity contribution in [3.8, 4) is 17.0 Å². The predicted octanol–water partition coefficient (Wildman–Crippen LogP) is 3.79. The molecule has 12 nitrogen and oxygen atoms in total. The van der Waals surface area contributed by atoms with Crippen LogP contribution in [0.2, 0.25) is 0 Å². The molecule has 0 aliphatic carbocycles. The van der Waals surface area contributed by atoms with E-state index in [1.54, 1.807) is 17.0 Å². The van der Waals surface area contributed by atoms with E-state index in [9.17, 15) is 26.0 Å². The van der Waals surface area contributed by atoms with E-state index < -0.39 is 57.6 Å². The second kappa shape index (κ2) is 12.5. The van der Waals surface area contributed by atoms with Crippen molar-refractivity contribution >= 4 is 33.2 Å². The first-order valence-corrected chi connectivity index (χ1v) is 14.7. The summed E-state index contributed by atoms with van der Waals surface area (Å²) < 4.78 is 112. The molecule has 5 rings (SSSR count). The van der Waals surface area contributed by atoms with Crippen LogP contribution in [-0.4, -0.2) is 74.1 Å². The molecule has 45 heavy (non-hydrogen) atoms. The van der Waals surface area contributed by atoms with Crippen molar-refractivity contribution < 1.29 is 44.6 Å². The van der Waals surface area contributed by atoms with Gasteiger partial charge in [-0.3, -0.25) is 0 Å². The largest absolute Gasteiger partial charge is 0.461 e. The van der Waals surface area contributed by atoms with E-state index in [0.29, 0.717) is 12.6 Å². The van der Waals surface area contributed by atoms with Gasteiger partial charge in [-0.2, -0.15) is 36.8 Å². The third-order valence-corrected chi connectivity index (χ3v) is 7.97. The fourth-order valence-electron chi connectivity index (χ4n) is 4.52. The zero-order valence-electron chi connectivity index (χ0n) is 24.0. The highest BCUT2D eigenvalue weighted by molar-refractivity contribution is 7.89. The van der Waals surface area contributed by atoms with Gasteiger partial charge in [-0.15, -0.1) is 0 Å². The van der Waals surface area contributed by atoms with Crippen LogP contribution in [0.5, 0.6) is 5.75 Å². The summed E-state index contributed by atoms with van der Waals surface area (Å²) in [5.41, 5.74) is -1.64. The quantitative estimate of drug-likeness (QED) is 0.124. The number of fused-ring (bicyclic) bond motifs is 1. The molecule has 1 aliphatic heterocycles. The number of alkyl halides is 3. The van der Waals surface area contributed by atoms with Gasteiger partial charge < -0.3 is 19.1 Å². The molecule has 4 aromatic rings. The monoisotopic (exact) mass is 655 g/mol. The summed E-state index contributed by atoms with van der Waals surface area (Å²) >= 11 is 0. The maximum Gasteiger partial charge on any atom is 0.419 e. The number of anilines is 1. The van der Waals surface area contributed by atoms with E-state index in [4.69, 9.17) is 9.47 Å². The number of rotatable bonds is 9. The van der Waals surface area contributed by atoms with Gasteiger partial charge in [0.25, 0.3) is 10.0 Å². The lowest BCUT2D eigenvalue weighted by Gasteiger charge is -2.31. The second-order valence-corrected chi connectivity index (χ2v) is 11.6. The summed E-state index contributed by atoms with van der Waals surface area (Å²) in [6.07, 6.45) is -3.26. The first kappa shape index (κ1) is 32.0. The van der Waals surface area contributed by atoms with Crippen LogP contribution in [0, 0.1) is 18.6 Å². The number of benzene rings is 2. The number of hydrogen-bond acceptors (Lipinski definition) is 10. The Kier molecular flexibility index (Phi) is 8.90. The Balaban J connectivity index is 1.40. The average Bonchev–Trinajstić information content (AvgIpc) is 3.32. The number of hydrogen-bond donors (Lipinski definition) is 1. The topological polar surface area (TPSA) is 133 Å². The van der Waals surface area contributed by atoms with Crippen LogP contribution < -0.4 is 14.5 Å². The smallest absolute Gasteiger partial charge is 0.419 e. The van der Waals surface area contributed by atoms with Crippen molar-refractivity contribution in [3.63, 3.8) is 0 Å². The number of aryl methyl sites for hydroxylation is 2. The fraction of sp³-hybridized carbons (Fsp3) is 0.333. The highest BCUT2D eigenvalue weighted by Crippen LogP contribution is 2.42. The highest BCUT2D eigenvalue weighted by Gasteiger charge is 2.39. The van der Waals surface area contributed by atoms with Gasteiger partial charge in [0, 0.05) is 32.5 Å². The average molecular weight is 656 g/mol. The van der Waals surface area contributed by atoms with Gasteiger partial charge in [-0.25, -0.2) is 23.3 Å². The van der Waals surface area contributed by atoms with Crippen molar-refractivity contribution in [2.75, 3.05) is 38.5 Å². The molecular formula is C27H26F5N7O5S. The van der Waals surface area contributed by atoms with Crippen LogP contribution in [0.3, 0.4) is 0 Å². The number of aromatic nitrogens is 4. The molecule has 1 saturated heterocycles. The van der Waals surface area contributed by atoms with E-state index in [1.807, 2.05) is 6.92 Å². The van der Waals surface area contributed by atoms with E-state index in [1.165, 1.54) is 36.3 Å².